The van der Waals surface area contributed by atoms with Gasteiger partial charge >= 0.3 is 0 Å². The van der Waals surface area contributed by atoms with Crippen molar-refractivity contribution in [3.8, 4) is 5.75 Å². The van der Waals surface area contributed by atoms with E-state index in [4.69, 9.17) is 9.47 Å². The van der Waals surface area contributed by atoms with Gasteiger partial charge in [0.25, 0.3) is 5.91 Å². The van der Waals surface area contributed by atoms with E-state index in [0.717, 1.165) is 17.5 Å². The molecule has 1 atom stereocenters. The minimum absolute atomic E-state index is 0.0399. The molecular weight excluding hydrogens is 376 g/mol. The molecule has 24 heavy (non-hydrogen) atoms. The van der Waals surface area contributed by atoms with E-state index in [0.29, 0.717) is 37.1 Å². The van der Waals surface area contributed by atoms with Crippen LogP contribution in [0.25, 0.3) is 0 Å². The fourth-order valence-electron chi connectivity index (χ4n) is 3.03. The standard InChI is InChI=1S/C17H21BrN2O4/c1-2-19(8-12-5-6-23-10-12)16(21)9-20-14-4-3-13(18)7-15(14)24-11-17(20)22/h3-4,7,12H,2,5-6,8-11H2,1H3. The fraction of sp³-hybridized carbons (Fsp3) is 0.529. The van der Waals surface area contributed by atoms with E-state index in [-0.39, 0.29) is 25.0 Å². The average molecular weight is 397 g/mol. The van der Waals surface area contributed by atoms with Crippen molar-refractivity contribution < 1.29 is 19.1 Å². The lowest BCUT2D eigenvalue weighted by Gasteiger charge is -2.31. The van der Waals surface area contributed by atoms with Gasteiger partial charge in [0.2, 0.25) is 5.91 Å². The largest absolute Gasteiger partial charge is 0.482 e. The molecule has 0 saturated carbocycles. The normalized spacial score (nSPS) is 19.8. The number of rotatable bonds is 5. The van der Waals surface area contributed by atoms with Crippen LogP contribution in [0.15, 0.2) is 22.7 Å². The van der Waals surface area contributed by atoms with Gasteiger partial charge in [-0.2, -0.15) is 0 Å². The van der Waals surface area contributed by atoms with E-state index in [1.807, 2.05) is 19.1 Å². The van der Waals surface area contributed by atoms with Gasteiger partial charge in [0.1, 0.15) is 12.3 Å². The summed E-state index contributed by atoms with van der Waals surface area (Å²) in [6.07, 6.45) is 0.983. The Balaban J connectivity index is 1.71. The van der Waals surface area contributed by atoms with Gasteiger partial charge in [0, 0.05) is 30.1 Å². The summed E-state index contributed by atoms with van der Waals surface area (Å²) < 4.78 is 11.7. The lowest BCUT2D eigenvalue weighted by molar-refractivity contribution is -0.132. The van der Waals surface area contributed by atoms with Crippen LogP contribution in [0.5, 0.6) is 5.75 Å². The van der Waals surface area contributed by atoms with Crippen molar-refractivity contribution in [2.24, 2.45) is 5.92 Å². The Morgan fingerprint density at radius 3 is 3.00 bits per heavy atom. The van der Waals surface area contributed by atoms with Gasteiger partial charge in [-0.1, -0.05) is 15.9 Å². The van der Waals surface area contributed by atoms with Crippen molar-refractivity contribution in [1.82, 2.24) is 4.90 Å². The highest BCUT2D eigenvalue weighted by atomic mass is 79.9. The molecule has 6 nitrogen and oxygen atoms in total. The van der Waals surface area contributed by atoms with Gasteiger partial charge in [-0.05, 0) is 31.5 Å². The van der Waals surface area contributed by atoms with Crippen molar-refractivity contribution >= 4 is 33.4 Å². The summed E-state index contributed by atoms with van der Waals surface area (Å²) >= 11 is 3.39. The molecular formula is C17H21BrN2O4. The fourth-order valence-corrected chi connectivity index (χ4v) is 3.37. The number of likely N-dealkylation sites (N-methyl/N-ethyl adjacent to an activating group) is 1. The molecule has 0 aliphatic carbocycles. The van der Waals surface area contributed by atoms with Crippen LogP contribution in [0.4, 0.5) is 5.69 Å². The first-order valence-corrected chi connectivity index (χ1v) is 8.96. The zero-order valence-corrected chi connectivity index (χ0v) is 15.3. The highest BCUT2D eigenvalue weighted by molar-refractivity contribution is 9.10. The minimum Gasteiger partial charge on any atom is -0.482 e. The van der Waals surface area contributed by atoms with Crippen molar-refractivity contribution in [2.75, 3.05) is 44.4 Å². The predicted octanol–water partition coefficient (Wildman–Crippen LogP) is 2.06. The molecule has 2 amide bonds. The summed E-state index contributed by atoms with van der Waals surface area (Å²) in [5.41, 5.74) is 0.642. The molecule has 2 aliphatic rings. The van der Waals surface area contributed by atoms with E-state index in [2.05, 4.69) is 15.9 Å². The molecule has 0 spiro atoms. The number of amides is 2. The zero-order chi connectivity index (χ0) is 17.1. The average Bonchev–Trinajstić information content (AvgIpc) is 3.08. The SMILES string of the molecule is CCN(CC1CCOC1)C(=O)CN1C(=O)COc2cc(Br)ccc21. The number of fused-ring (bicyclic) bond motifs is 1. The van der Waals surface area contributed by atoms with Gasteiger partial charge < -0.3 is 14.4 Å². The third kappa shape index (κ3) is 3.72. The summed E-state index contributed by atoms with van der Waals surface area (Å²) in [6.45, 7) is 4.73. The van der Waals surface area contributed by atoms with Crippen LogP contribution in [-0.2, 0) is 14.3 Å². The number of nitrogens with zero attached hydrogens (tertiary/aromatic N) is 2. The molecule has 3 rings (SSSR count). The van der Waals surface area contributed by atoms with Gasteiger partial charge in [-0.25, -0.2) is 0 Å². The van der Waals surface area contributed by atoms with Crippen molar-refractivity contribution in [3.05, 3.63) is 22.7 Å². The third-order valence-corrected chi connectivity index (χ3v) is 4.89. The Morgan fingerprint density at radius 2 is 2.29 bits per heavy atom. The molecule has 1 aromatic carbocycles. The lowest BCUT2D eigenvalue weighted by Crippen LogP contribution is -2.47. The maximum absolute atomic E-state index is 12.7. The van der Waals surface area contributed by atoms with Crippen LogP contribution in [0.3, 0.4) is 0 Å². The van der Waals surface area contributed by atoms with Crippen LogP contribution in [0.2, 0.25) is 0 Å². The van der Waals surface area contributed by atoms with Crippen LogP contribution in [0, 0.1) is 5.92 Å². The van der Waals surface area contributed by atoms with E-state index in [1.54, 1.807) is 11.0 Å². The maximum atomic E-state index is 12.7. The predicted molar refractivity (Wildman–Crippen MR) is 93.2 cm³/mol. The Kier molecular flexibility index (Phi) is 5.40. The molecule has 0 bridgehead atoms. The molecule has 7 heteroatoms. The number of carbonyl (C=O) groups is 2. The van der Waals surface area contributed by atoms with Crippen LogP contribution in [-0.4, -0.2) is 56.2 Å². The molecule has 2 aliphatic heterocycles. The lowest BCUT2D eigenvalue weighted by atomic mass is 10.1. The van der Waals surface area contributed by atoms with Gasteiger partial charge in [0.15, 0.2) is 6.61 Å². The number of ether oxygens (including phenoxy) is 2. The Morgan fingerprint density at radius 1 is 1.46 bits per heavy atom. The number of benzene rings is 1. The molecule has 0 aromatic heterocycles. The molecule has 0 N–H and O–H groups in total. The second-order valence-electron chi connectivity index (χ2n) is 6.04. The van der Waals surface area contributed by atoms with Crippen molar-refractivity contribution in [2.45, 2.75) is 13.3 Å². The first-order chi connectivity index (χ1) is 11.6. The topological polar surface area (TPSA) is 59.1 Å². The third-order valence-electron chi connectivity index (χ3n) is 4.40. The van der Waals surface area contributed by atoms with E-state index < -0.39 is 0 Å². The minimum atomic E-state index is -0.196. The van der Waals surface area contributed by atoms with E-state index >= 15 is 0 Å². The smallest absolute Gasteiger partial charge is 0.265 e. The Bertz CT molecular complexity index is 631. The highest BCUT2D eigenvalue weighted by Crippen LogP contribution is 2.34. The number of hydrogen-bond donors (Lipinski definition) is 0. The molecule has 130 valence electrons. The molecule has 1 fully saturated rings. The Labute approximate surface area is 149 Å². The van der Waals surface area contributed by atoms with Gasteiger partial charge in [-0.15, -0.1) is 0 Å². The molecule has 1 saturated heterocycles. The summed E-state index contributed by atoms with van der Waals surface area (Å²) in [7, 11) is 0. The van der Waals surface area contributed by atoms with Gasteiger partial charge in [-0.3, -0.25) is 14.5 Å². The molecule has 1 aromatic rings. The monoisotopic (exact) mass is 396 g/mol. The zero-order valence-electron chi connectivity index (χ0n) is 13.7. The number of hydrogen-bond acceptors (Lipinski definition) is 4. The number of carbonyl (C=O) groups excluding carboxylic acids is 2. The molecule has 1 unspecified atom stereocenters. The summed E-state index contributed by atoms with van der Waals surface area (Å²) in [5, 5.41) is 0. The summed E-state index contributed by atoms with van der Waals surface area (Å²) in [5.74, 6) is 0.758. The van der Waals surface area contributed by atoms with Gasteiger partial charge in [0.05, 0.1) is 12.3 Å². The van der Waals surface area contributed by atoms with Crippen molar-refractivity contribution in [3.63, 3.8) is 0 Å². The van der Waals surface area contributed by atoms with Crippen LogP contribution >= 0.6 is 15.9 Å². The maximum Gasteiger partial charge on any atom is 0.265 e. The Hall–Kier alpha value is -1.60. The quantitative estimate of drug-likeness (QED) is 0.764. The highest BCUT2D eigenvalue weighted by Gasteiger charge is 2.29. The first kappa shape index (κ1) is 17.2. The molecule has 0 radical (unpaired) electrons. The second kappa shape index (κ2) is 7.53. The van der Waals surface area contributed by atoms with E-state index in [9.17, 15) is 9.59 Å². The summed E-state index contributed by atoms with van der Waals surface area (Å²) in [6, 6.07) is 5.45. The van der Waals surface area contributed by atoms with Crippen molar-refractivity contribution in [1.29, 1.82) is 0 Å². The van der Waals surface area contributed by atoms with Crippen LogP contribution < -0.4 is 9.64 Å². The number of halogens is 1. The molecule has 2 heterocycles. The summed E-state index contributed by atoms with van der Waals surface area (Å²) in [4.78, 5) is 28.2. The number of anilines is 1. The first-order valence-electron chi connectivity index (χ1n) is 8.16. The second-order valence-corrected chi connectivity index (χ2v) is 6.96. The van der Waals surface area contributed by atoms with E-state index in [1.165, 1.54) is 4.90 Å². The van der Waals surface area contributed by atoms with Crippen LogP contribution in [0.1, 0.15) is 13.3 Å².